The van der Waals surface area contributed by atoms with Crippen LogP contribution in [0.25, 0.3) is 11.3 Å². The molecular formula is C41H46Cl2N8O6. The minimum absolute atomic E-state index is 0. The summed E-state index contributed by atoms with van der Waals surface area (Å²) in [6.45, 7) is 4.86. The van der Waals surface area contributed by atoms with E-state index in [1.165, 1.54) is 14.2 Å². The first kappa shape index (κ1) is 43.8. The van der Waals surface area contributed by atoms with Gasteiger partial charge in [-0.05, 0) is 72.6 Å². The van der Waals surface area contributed by atoms with E-state index in [0.29, 0.717) is 36.0 Å². The standard InChI is InChI=1S/C41H44N8O6.2ClH/c1-26(2)34(46-40(52)54-3)38(50)48-22-10-16-32(48)36-42-24-30(44-36)15-9-8-12-27-18-20-28(21-19-27)31-25-43-37(45-31)33-17-11-23-49(33)39(51)35(47-41(53)55-4)29-13-6-5-7-14-29;;/h5-7,13-14,18-21,24-26,32-35H,10-11,16-17,22-23H2,1-4H3,(H,42,44)(H,43,45)(H,46,52)(H,47,53);2*1H/t32-,33-,34-,35-;;/m0../s1. The number of methoxy groups -OCH3 is 2. The fourth-order valence-corrected chi connectivity index (χ4v) is 6.94. The molecular weight excluding hydrogens is 771 g/mol. The lowest BCUT2D eigenvalue weighted by molar-refractivity contribution is -0.135. The van der Waals surface area contributed by atoms with E-state index < -0.39 is 24.3 Å². The molecule has 300 valence electrons. The number of H-pyrrole nitrogens is 2. The number of nitrogens with zero attached hydrogens (tertiary/aromatic N) is 4. The topological polar surface area (TPSA) is 175 Å². The molecule has 2 aromatic heterocycles. The van der Waals surface area contributed by atoms with Crippen LogP contribution in [-0.2, 0) is 19.1 Å². The number of amides is 4. The molecule has 4 N–H and O–H groups in total. The SMILES string of the molecule is COC(=O)N[C@H](C(=O)N1CCC[C@H]1c1ncc(-c2ccc(C#CC#Cc3cnc([C@@H]4CCCN4C(=O)[C@@H](NC(=O)OC)C(C)C)[nH]3)cc2)[nH]1)c1ccccc1.Cl.Cl. The minimum atomic E-state index is -0.888. The maximum atomic E-state index is 13.8. The van der Waals surface area contributed by atoms with Gasteiger partial charge in [-0.15, -0.1) is 24.8 Å². The molecule has 2 saturated heterocycles. The van der Waals surface area contributed by atoms with E-state index in [-0.39, 0.29) is 54.6 Å². The molecule has 0 aliphatic carbocycles. The van der Waals surface area contributed by atoms with Crippen molar-refractivity contribution >= 4 is 48.8 Å². The number of likely N-dealkylation sites (tertiary alicyclic amines) is 2. The number of halogens is 2. The Bertz CT molecular complexity index is 2130. The Morgan fingerprint density at radius 1 is 0.754 bits per heavy atom. The molecule has 4 aromatic rings. The summed E-state index contributed by atoms with van der Waals surface area (Å²) >= 11 is 0. The number of aromatic amines is 2. The first-order valence-electron chi connectivity index (χ1n) is 18.2. The van der Waals surface area contributed by atoms with Gasteiger partial charge in [0.05, 0.1) is 44.4 Å². The third kappa shape index (κ3) is 10.5. The maximum Gasteiger partial charge on any atom is 0.407 e. The van der Waals surface area contributed by atoms with Crippen LogP contribution in [-0.4, -0.2) is 87.1 Å². The van der Waals surface area contributed by atoms with Gasteiger partial charge in [-0.25, -0.2) is 19.6 Å². The predicted octanol–water partition coefficient (Wildman–Crippen LogP) is 5.85. The summed E-state index contributed by atoms with van der Waals surface area (Å²) in [5.41, 5.74) is 3.74. The summed E-state index contributed by atoms with van der Waals surface area (Å²) in [6.07, 6.45) is 5.17. The number of hydrogen-bond donors (Lipinski definition) is 4. The van der Waals surface area contributed by atoms with Crippen LogP contribution in [0.4, 0.5) is 9.59 Å². The Kier molecular flexibility index (Phi) is 15.6. The van der Waals surface area contributed by atoms with Gasteiger partial charge in [0.15, 0.2) is 0 Å². The van der Waals surface area contributed by atoms with Crippen LogP contribution in [0.2, 0.25) is 0 Å². The molecule has 16 heteroatoms. The van der Waals surface area contributed by atoms with Crippen LogP contribution in [0, 0.1) is 29.6 Å². The van der Waals surface area contributed by atoms with Crippen molar-refractivity contribution in [3.8, 4) is 34.9 Å². The Morgan fingerprint density at radius 2 is 1.33 bits per heavy atom. The van der Waals surface area contributed by atoms with Gasteiger partial charge in [0.1, 0.15) is 29.4 Å². The van der Waals surface area contributed by atoms with Gasteiger partial charge in [0, 0.05) is 18.7 Å². The summed E-state index contributed by atoms with van der Waals surface area (Å²) < 4.78 is 9.52. The van der Waals surface area contributed by atoms with Crippen LogP contribution in [0.15, 0.2) is 67.0 Å². The van der Waals surface area contributed by atoms with Gasteiger partial charge >= 0.3 is 12.2 Å². The third-order valence-electron chi connectivity index (χ3n) is 9.78. The number of rotatable bonds is 9. The highest BCUT2D eigenvalue weighted by atomic mass is 35.5. The molecule has 57 heavy (non-hydrogen) atoms. The van der Waals surface area contributed by atoms with Crippen molar-refractivity contribution in [2.75, 3.05) is 27.3 Å². The molecule has 6 rings (SSSR count). The lowest BCUT2D eigenvalue weighted by atomic mass is 10.0. The number of ether oxygens (including phenoxy) is 2. The van der Waals surface area contributed by atoms with Crippen molar-refractivity contribution < 1.29 is 28.7 Å². The van der Waals surface area contributed by atoms with E-state index in [9.17, 15) is 19.2 Å². The van der Waals surface area contributed by atoms with E-state index in [2.05, 4.69) is 54.3 Å². The monoisotopic (exact) mass is 816 g/mol. The Morgan fingerprint density at radius 3 is 1.96 bits per heavy atom. The molecule has 14 nitrogen and oxygen atoms in total. The van der Waals surface area contributed by atoms with Crippen molar-refractivity contribution in [2.24, 2.45) is 5.92 Å². The average Bonchev–Trinajstić information content (AvgIpc) is 4.04. The lowest BCUT2D eigenvalue weighted by Crippen LogP contribution is -2.51. The van der Waals surface area contributed by atoms with Crippen LogP contribution in [0.5, 0.6) is 0 Å². The summed E-state index contributed by atoms with van der Waals surface area (Å²) in [4.78, 5) is 70.5. The molecule has 2 aromatic carbocycles. The van der Waals surface area contributed by atoms with Crippen LogP contribution in [0.3, 0.4) is 0 Å². The van der Waals surface area contributed by atoms with Gasteiger partial charge in [-0.3, -0.25) is 9.59 Å². The highest BCUT2D eigenvalue weighted by Gasteiger charge is 2.38. The van der Waals surface area contributed by atoms with Gasteiger partial charge in [-0.2, -0.15) is 0 Å². The zero-order valence-electron chi connectivity index (χ0n) is 32.0. The van der Waals surface area contributed by atoms with E-state index in [1.54, 1.807) is 34.3 Å². The Labute approximate surface area is 344 Å². The van der Waals surface area contributed by atoms with Gasteiger partial charge < -0.3 is 39.9 Å². The molecule has 0 unspecified atom stereocenters. The molecule has 0 bridgehead atoms. The highest BCUT2D eigenvalue weighted by molar-refractivity contribution is 5.88. The van der Waals surface area contributed by atoms with E-state index in [0.717, 1.165) is 42.5 Å². The number of carbonyl (C=O) groups excluding carboxylic acids is 4. The number of nitrogens with one attached hydrogen (secondary N) is 4. The second-order valence-corrected chi connectivity index (χ2v) is 13.7. The van der Waals surface area contributed by atoms with Crippen LogP contribution < -0.4 is 10.6 Å². The second kappa shape index (κ2) is 20.3. The van der Waals surface area contributed by atoms with Gasteiger partial charge in [0.25, 0.3) is 5.91 Å². The summed E-state index contributed by atoms with van der Waals surface area (Å²) in [7, 11) is 2.54. The van der Waals surface area contributed by atoms with Crippen molar-refractivity contribution in [2.45, 2.75) is 63.7 Å². The molecule has 2 aliphatic heterocycles. The van der Waals surface area contributed by atoms with Gasteiger partial charge in [0.2, 0.25) is 5.91 Å². The van der Waals surface area contributed by atoms with Crippen molar-refractivity contribution in [1.29, 1.82) is 0 Å². The number of carbonyl (C=O) groups is 4. The number of aromatic nitrogens is 4. The summed E-state index contributed by atoms with van der Waals surface area (Å²) in [5.74, 6) is 12.6. The zero-order valence-corrected chi connectivity index (χ0v) is 33.7. The van der Waals surface area contributed by atoms with Gasteiger partial charge in [-0.1, -0.05) is 62.2 Å². The molecule has 4 amide bonds. The molecule has 0 spiro atoms. The average molecular weight is 818 g/mol. The fraction of sp³-hybridized carbons (Fsp3) is 0.366. The lowest BCUT2D eigenvalue weighted by Gasteiger charge is -2.29. The summed E-state index contributed by atoms with van der Waals surface area (Å²) in [6, 6.07) is 14.7. The van der Waals surface area contributed by atoms with E-state index >= 15 is 0 Å². The van der Waals surface area contributed by atoms with Crippen molar-refractivity contribution in [1.82, 2.24) is 40.4 Å². The molecule has 0 saturated carbocycles. The molecule has 2 aliphatic rings. The van der Waals surface area contributed by atoms with Crippen molar-refractivity contribution in [3.63, 3.8) is 0 Å². The molecule has 4 heterocycles. The first-order chi connectivity index (χ1) is 26.7. The molecule has 0 radical (unpaired) electrons. The number of alkyl carbamates (subject to hydrolysis) is 2. The normalized spacial score (nSPS) is 16.7. The Hall–Kier alpha value is -5.96. The predicted molar refractivity (Wildman–Crippen MR) is 217 cm³/mol. The number of hydrogen-bond acceptors (Lipinski definition) is 8. The fourth-order valence-electron chi connectivity index (χ4n) is 6.94. The minimum Gasteiger partial charge on any atom is -0.453 e. The van der Waals surface area contributed by atoms with E-state index in [1.807, 2.05) is 56.3 Å². The second-order valence-electron chi connectivity index (χ2n) is 13.7. The zero-order chi connectivity index (χ0) is 38.9. The van der Waals surface area contributed by atoms with Crippen molar-refractivity contribution in [3.05, 3.63) is 95.5 Å². The maximum absolute atomic E-state index is 13.8. The summed E-state index contributed by atoms with van der Waals surface area (Å²) in [5, 5.41) is 5.35. The number of imidazole rings is 2. The largest absolute Gasteiger partial charge is 0.453 e. The quantitative estimate of drug-likeness (QED) is 0.152. The van der Waals surface area contributed by atoms with Crippen LogP contribution >= 0.6 is 24.8 Å². The third-order valence-corrected chi connectivity index (χ3v) is 9.78. The van der Waals surface area contributed by atoms with E-state index in [4.69, 9.17) is 9.47 Å². The smallest absolute Gasteiger partial charge is 0.407 e. The molecule has 4 atom stereocenters. The first-order valence-corrected chi connectivity index (χ1v) is 18.2. The highest BCUT2D eigenvalue weighted by Crippen LogP contribution is 2.34. The Balaban J connectivity index is 0.00000360. The molecule has 2 fully saturated rings. The van der Waals surface area contributed by atoms with Crippen LogP contribution in [0.1, 0.15) is 86.1 Å². The number of benzene rings is 2.